The highest BCUT2D eigenvalue weighted by Crippen LogP contribution is 2.01. The fourth-order valence-electron chi connectivity index (χ4n) is 1.32. The molecule has 0 radical (unpaired) electrons. The molecule has 0 amide bonds. The topological polar surface area (TPSA) is 56.7 Å². The Morgan fingerprint density at radius 2 is 2.31 bits per heavy atom. The second kappa shape index (κ2) is 5.70. The van der Waals surface area contributed by atoms with Gasteiger partial charge in [0.2, 0.25) is 0 Å². The van der Waals surface area contributed by atoms with Gasteiger partial charge in [-0.3, -0.25) is 0 Å². The molecule has 1 aromatic heterocycles. The average molecular weight is 182 g/mol. The summed E-state index contributed by atoms with van der Waals surface area (Å²) < 4.78 is 1.96. The van der Waals surface area contributed by atoms with Crippen LogP contribution in [0.4, 0.5) is 0 Å². The molecule has 4 heteroatoms. The molecule has 2 N–H and O–H groups in total. The molecular weight excluding hydrogens is 164 g/mol. The van der Waals surface area contributed by atoms with Crippen LogP contribution in [0.5, 0.6) is 0 Å². The van der Waals surface area contributed by atoms with E-state index in [0.29, 0.717) is 6.54 Å². The van der Waals surface area contributed by atoms with Crippen LogP contribution in [0.3, 0.4) is 0 Å². The van der Waals surface area contributed by atoms with Gasteiger partial charge in [0.25, 0.3) is 0 Å². The molecule has 74 valence electrons. The predicted octanol–water partition coefficient (Wildman–Crippen LogP) is 0.970. The lowest BCUT2D eigenvalue weighted by atomic mass is 10.2. The molecule has 0 unspecified atom stereocenters. The van der Waals surface area contributed by atoms with Crippen molar-refractivity contribution >= 4 is 0 Å². The molecule has 0 spiro atoms. The fraction of sp³-hybridized carbons (Fsp3) is 0.778. The molecule has 0 atom stereocenters. The van der Waals surface area contributed by atoms with Crippen LogP contribution in [0.1, 0.15) is 31.9 Å². The van der Waals surface area contributed by atoms with Crippen LogP contribution in [-0.2, 0) is 13.0 Å². The number of unbranched alkanes of at least 4 members (excludes halogenated alkanes) is 2. The van der Waals surface area contributed by atoms with Crippen molar-refractivity contribution in [1.29, 1.82) is 0 Å². The first kappa shape index (κ1) is 10.2. The van der Waals surface area contributed by atoms with Crippen LogP contribution in [0.2, 0.25) is 0 Å². The largest absolute Gasteiger partial charge is 0.330 e. The Balaban J connectivity index is 2.40. The molecule has 4 nitrogen and oxygen atoms in total. The van der Waals surface area contributed by atoms with Gasteiger partial charge in [-0.05, 0) is 13.0 Å². The van der Waals surface area contributed by atoms with Gasteiger partial charge in [-0.25, -0.2) is 4.68 Å². The quantitative estimate of drug-likeness (QED) is 0.667. The van der Waals surface area contributed by atoms with Crippen molar-refractivity contribution in [3.63, 3.8) is 0 Å². The Morgan fingerprint density at radius 1 is 1.46 bits per heavy atom. The van der Waals surface area contributed by atoms with Gasteiger partial charge in [-0.1, -0.05) is 25.0 Å². The van der Waals surface area contributed by atoms with E-state index in [-0.39, 0.29) is 0 Å². The van der Waals surface area contributed by atoms with Gasteiger partial charge in [0.05, 0.1) is 11.9 Å². The zero-order chi connectivity index (χ0) is 9.52. The Kier molecular flexibility index (Phi) is 4.46. The SMILES string of the molecule is CCCCCn1nncc1CCN. The maximum absolute atomic E-state index is 5.47. The minimum atomic E-state index is 0.668. The van der Waals surface area contributed by atoms with E-state index in [9.17, 15) is 0 Å². The van der Waals surface area contributed by atoms with Crippen LogP contribution in [-0.4, -0.2) is 21.5 Å². The highest BCUT2D eigenvalue weighted by Gasteiger charge is 2.01. The molecule has 0 fully saturated rings. The normalized spacial score (nSPS) is 10.6. The summed E-state index contributed by atoms with van der Waals surface area (Å²) in [6, 6.07) is 0. The molecule has 0 saturated carbocycles. The van der Waals surface area contributed by atoms with E-state index in [1.165, 1.54) is 19.3 Å². The lowest BCUT2D eigenvalue weighted by molar-refractivity contribution is 0.520. The highest BCUT2D eigenvalue weighted by atomic mass is 15.4. The highest BCUT2D eigenvalue weighted by molar-refractivity contribution is 4.94. The van der Waals surface area contributed by atoms with Crippen molar-refractivity contribution in [3.05, 3.63) is 11.9 Å². The zero-order valence-electron chi connectivity index (χ0n) is 8.24. The minimum Gasteiger partial charge on any atom is -0.330 e. The van der Waals surface area contributed by atoms with Crippen LogP contribution in [0.15, 0.2) is 6.20 Å². The molecule has 0 bridgehead atoms. The number of nitrogens with zero attached hydrogens (tertiary/aromatic N) is 3. The lowest BCUT2D eigenvalue weighted by Gasteiger charge is -2.03. The van der Waals surface area contributed by atoms with Gasteiger partial charge in [-0.2, -0.15) is 0 Å². The number of hydrogen-bond acceptors (Lipinski definition) is 3. The molecule has 13 heavy (non-hydrogen) atoms. The van der Waals surface area contributed by atoms with Crippen LogP contribution in [0, 0.1) is 0 Å². The molecule has 0 aliphatic rings. The van der Waals surface area contributed by atoms with E-state index in [1.54, 1.807) is 6.20 Å². The van der Waals surface area contributed by atoms with Gasteiger partial charge in [-0.15, -0.1) is 5.10 Å². The second-order valence-electron chi connectivity index (χ2n) is 3.19. The van der Waals surface area contributed by atoms with Gasteiger partial charge in [0.1, 0.15) is 0 Å². The molecule has 1 rings (SSSR count). The van der Waals surface area contributed by atoms with Crippen LogP contribution in [0.25, 0.3) is 0 Å². The Morgan fingerprint density at radius 3 is 3.00 bits per heavy atom. The van der Waals surface area contributed by atoms with Crippen molar-refractivity contribution in [2.24, 2.45) is 5.73 Å². The molecule has 0 aliphatic carbocycles. The first-order chi connectivity index (χ1) is 6.38. The maximum Gasteiger partial charge on any atom is 0.0725 e. The summed E-state index contributed by atoms with van der Waals surface area (Å²) >= 11 is 0. The summed E-state index contributed by atoms with van der Waals surface area (Å²) in [5, 5.41) is 7.89. The van der Waals surface area contributed by atoms with Crippen molar-refractivity contribution in [3.8, 4) is 0 Å². The molecule has 0 aromatic carbocycles. The van der Waals surface area contributed by atoms with Crippen LogP contribution < -0.4 is 5.73 Å². The maximum atomic E-state index is 5.47. The van der Waals surface area contributed by atoms with Gasteiger partial charge in [0.15, 0.2) is 0 Å². The number of rotatable bonds is 6. The number of nitrogens with two attached hydrogens (primary N) is 1. The summed E-state index contributed by atoms with van der Waals surface area (Å²) in [6.07, 6.45) is 6.35. The van der Waals surface area contributed by atoms with Gasteiger partial charge < -0.3 is 5.73 Å². The number of aromatic nitrogens is 3. The summed E-state index contributed by atoms with van der Waals surface area (Å²) in [7, 11) is 0. The smallest absolute Gasteiger partial charge is 0.0725 e. The third-order valence-electron chi connectivity index (χ3n) is 2.07. The van der Waals surface area contributed by atoms with Gasteiger partial charge >= 0.3 is 0 Å². The standard InChI is InChI=1S/C9H18N4/c1-2-3-4-7-13-9(5-6-10)8-11-12-13/h8H,2-7,10H2,1H3. The van der Waals surface area contributed by atoms with E-state index in [0.717, 1.165) is 18.7 Å². The minimum absolute atomic E-state index is 0.668. The van der Waals surface area contributed by atoms with Crippen molar-refractivity contribution in [1.82, 2.24) is 15.0 Å². The summed E-state index contributed by atoms with van der Waals surface area (Å²) in [5.41, 5.74) is 6.63. The third-order valence-corrected chi connectivity index (χ3v) is 2.07. The third kappa shape index (κ3) is 3.14. The molecule has 0 aliphatic heterocycles. The average Bonchev–Trinajstić information content (AvgIpc) is 2.54. The van der Waals surface area contributed by atoms with Crippen molar-refractivity contribution in [2.75, 3.05) is 6.54 Å². The molecule has 0 saturated heterocycles. The molecular formula is C9H18N4. The van der Waals surface area contributed by atoms with Crippen molar-refractivity contribution in [2.45, 2.75) is 39.2 Å². The second-order valence-corrected chi connectivity index (χ2v) is 3.19. The first-order valence-electron chi connectivity index (χ1n) is 4.96. The lowest BCUT2D eigenvalue weighted by Crippen LogP contribution is -2.10. The predicted molar refractivity (Wildman–Crippen MR) is 52.3 cm³/mol. The van der Waals surface area contributed by atoms with E-state index in [1.807, 2.05) is 4.68 Å². The monoisotopic (exact) mass is 182 g/mol. The fourth-order valence-corrected chi connectivity index (χ4v) is 1.32. The summed E-state index contributed by atoms with van der Waals surface area (Å²) in [6.45, 7) is 3.84. The van der Waals surface area contributed by atoms with E-state index in [2.05, 4.69) is 17.2 Å². The zero-order valence-corrected chi connectivity index (χ0v) is 8.24. The molecule has 1 aromatic rings. The van der Waals surface area contributed by atoms with E-state index in [4.69, 9.17) is 5.73 Å². The van der Waals surface area contributed by atoms with Crippen molar-refractivity contribution < 1.29 is 0 Å². The number of aryl methyl sites for hydroxylation is 1. The first-order valence-corrected chi connectivity index (χ1v) is 4.96. The number of hydrogen-bond donors (Lipinski definition) is 1. The molecule has 1 heterocycles. The Bertz CT molecular complexity index is 231. The summed E-state index contributed by atoms with van der Waals surface area (Å²) in [4.78, 5) is 0. The van der Waals surface area contributed by atoms with E-state index < -0.39 is 0 Å². The Labute approximate surface area is 79.1 Å². The van der Waals surface area contributed by atoms with Crippen LogP contribution >= 0.6 is 0 Å². The van der Waals surface area contributed by atoms with E-state index >= 15 is 0 Å². The summed E-state index contributed by atoms with van der Waals surface area (Å²) in [5.74, 6) is 0. The Hall–Kier alpha value is -0.900. The van der Waals surface area contributed by atoms with Gasteiger partial charge in [0, 0.05) is 13.0 Å².